The highest BCUT2D eigenvalue weighted by Gasteiger charge is 2.36. The van der Waals surface area contributed by atoms with Crippen LogP contribution in [0.2, 0.25) is 0 Å². The number of fused-ring (bicyclic) bond motifs is 1. The molecule has 1 nitrogen and oxygen atoms in total. The lowest BCUT2D eigenvalue weighted by Gasteiger charge is -2.47. The van der Waals surface area contributed by atoms with Crippen molar-refractivity contribution in [2.24, 2.45) is 23.2 Å². The standard InChI is InChI=1S/C19H35N/c1-19(2,3)17-10-12-20(13-11-17)18-9-8-15-6-4-5-7-16(15)14-18/h15-18H,4-14H2,1-3H3. The summed E-state index contributed by atoms with van der Waals surface area (Å²) in [5.74, 6) is 3.14. The first-order valence-corrected chi connectivity index (χ1v) is 9.28. The lowest BCUT2D eigenvalue weighted by atomic mass is 9.68. The fraction of sp³-hybridized carbons (Fsp3) is 1.00. The molecule has 0 spiro atoms. The first-order valence-electron chi connectivity index (χ1n) is 9.28. The van der Waals surface area contributed by atoms with Crippen LogP contribution in [0.25, 0.3) is 0 Å². The van der Waals surface area contributed by atoms with Crippen LogP contribution in [0.5, 0.6) is 0 Å². The molecule has 0 N–H and O–H groups in total. The van der Waals surface area contributed by atoms with Gasteiger partial charge in [0, 0.05) is 6.04 Å². The smallest absolute Gasteiger partial charge is 0.00981 e. The van der Waals surface area contributed by atoms with Gasteiger partial charge in [-0.3, -0.25) is 0 Å². The van der Waals surface area contributed by atoms with Crippen molar-refractivity contribution in [2.45, 2.75) is 84.6 Å². The van der Waals surface area contributed by atoms with Gasteiger partial charge in [0.2, 0.25) is 0 Å². The van der Waals surface area contributed by atoms with Gasteiger partial charge in [0.1, 0.15) is 0 Å². The molecule has 0 radical (unpaired) electrons. The van der Waals surface area contributed by atoms with Crippen LogP contribution in [0.4, 0.5) is 0 Å². The largest absolute Gasteiger partial charge is 0.300 e. The molecule has 1 aliphatic heterocycles. The maximum absolute atomic E-state index is 2.87. The zero-order valence-electron chi connectivity index (χ0n) is 14.0. The Balaban J connectivity index is 1.51. The monoisotopic (exact) mass is 277 g/mol. The maximum Gasteiger partial charge on any atom is 0.00981 e. The van der Waals surface area contributed by atoms with E-state index in [0.29, 0.717) is 5.41 Å². The Morgan fingerprint density at radius 2 is 1.40 bits per heavy atom. The topological polar surface area (TPSA) is 3.24 Å². The van der Waals surface area contributed by atoms with Gasteiger partial charge in [0.25, 0.3) is 0 Å². The fourth-order valence-electron chi connectivity index (χ4n) is 5.31. The summed E-state index contributed by atoms with van der Waals surface area (Å²) in [6.45, 7) is 10.1. The van der Waals surface area contributed by atoms with Gasteiger partial charge in [-0.1, -0.05) is 46.5 Å². The third-order valence-electron chi connectivity index (χ3n) is 6.78. The normalized spacial score (nSPS) is 37.6. The van der Waals surface area contributed by atoms with Crippen molar-refractivity contribution in [1.82, 2.24) is 4.90 Å². The number of rotatable bonds is 1. The first kappa shape index (κ1) is 14.9. The Morgan fingerprint density at radius 1 is 0.750 bits per heavy atom. The minimum atomic E-state index is 0.521. The van der Waals surface area contributed by atoms with Crippen LogP contribution in [0, 0.1) is 23.2 Å². The van der Waals surface area contributed by atoms with E-state index in [4.69, 9.17) is 0 Å². The van der Waals surface area contributed by atoms with Crippen LogP contribution in [-0.2, 0) is 0 Å². The maximum atomic E-state index is 2.87. The van der Waals surface area contributed by atoms with E-state index in [0.717, 1.165) is 23.8 Å². The molecule has 3 aliphatic rings. The Kier molecular flexibility index (Phi) is 4.45. The van der Waals surface area contributed by atoms with Gasteiger partial charge in [-0.25, -0.2) is 0 Å². The van der Waals surface area contributed by atoms with Crippen molar-refractivity contribution in [2.75, 3.05) is 13.1 Å². The predicted octanol–water partition coefficient (Wildman–Crippen LogP) is 5.10. The number of hydrogen-bond acceptors (Lipinski definition) is 1. The fourth-order valence-corrected chi connectivity index (χ4v) is 5.31. The Bertz CT molecular complexity index is 308. The molecule has 1 heteroatoms. The molecule has 2 aliphatic carbocycles. The molecular weight excluding hydrogens is 242 g/mol. The van der Waals surface area contributed by atoms with Gasteiger partial charge in [0.05, 0.1) is 0 Å². The molecule has 0 aromatic rings. The minimum Gasteiger partial charge on any atom is -0.300 e. The average Bonchev–Trinajstić information content (AvgIpc) is 2.46. The summed E-state index contributed by atoms with van der Waals surface area (Å²) in [7, 11) is 0. The van der Waals surface area contributed by atoms with E-state index in [2.05, 4.69) is 25.7 Å². The zero-order chi connectivity index (χ0) is 14.2. The van der Waals surface area contributed by atoms with Crippen LogP contribution in [0.15, 0.2) is 0 Å². The Labute approximate surface area is 126 Å². The van der Waals surface area contributed by atoms with E-state index in [1.54, 1.807) is 12.8 Å². The van der Waals surface area contributed by atoms with Gasteiger partial charge in [-0.15, -0.1) is 0 Å². The molecule has 0 bridgehead atoms. The van der Waals surface area contributed by atoms with E-state index < -0.39 is 0 Å². The molecule has 20 heavy (non-hydrogen) atoms. The SMILES string of the molecule is CC(C)(C)C1CCN(C2CCC3CCCCC3C2)CC1. The molecule has 0 amide bonds. The van der Waals surface area contributed by atoms with Crippen molar-refractivity contribution in [3.8, 4) is 0 Å². The Hall–Kier alpha value is -0.0400. The third-order valence-corrected chi connectivity index (χ3v) is 6.78. The van der Waals surface area contributed by atoms with Crippen molar-refractivity contribution >= 4 is 0 Å². The van der Waals surface area contributed by atoms with Crippen LogP contribution in [0.1, 0.15) is 78.6 Å². The number of hydrogen-bond donors (Lipinski definition) is 0. The van der Waals surface area contributed by atoms with E-state index in [-0.39, 0.29) is 0 Å². The molecule has 3 unspecified atom stereocenters. The molecule has 3 atom stereocenters. The van der Waals surface area contributed by atoms with E-state index in [1.165, 1.54) is 58.0 Å². The summed E-state index contributed by atoms with van der Waals surface area (Å²) in [6, 6.07) is 0.940. The quantitative estimate of drug-likeness (QED) is 0.644. The number of likely N-dealkylation sites (tertiary alicyclic amines) is 1. The van der Waals surface area contributed by atoms with Crippen LogP contribution in [0.3, 0.4) is 0 Å². The second kappa shape index (κ2) is 5.99. The minimum absolute atomic E-state index is 0.521. The summed E-state index contributed by atoms with van der Waals surface area (Å²) < 4.78 is 0. The summed E-state index contributed by atoms with van der Waals surface area (Å²) in [5, 5.41) is 0. The van der Waals surface area contributed by atoms with Gasteiger partial charge in [-0.05, 0) is 68.4 Å². The molecule has 3 rings (SSSR count). The van der Waals surface area contributed by atoms with E-state index in [1.807, 2.05) is 0 Å². The molecule has 116 valence electrons. The zero-order valence-corrected chi connectivity index (χ0v) is 14.0. The van der Waals surface area contributed by atoms with Gasteiger partial charge >= 0.3 is 0 Å². The van der Waals surface area contributed by atoms with Crippen LogP contribution >= 0.6 is 0 Å². The molecule has 0 aromatic carbocycles. The van der Waals surface area contributed by atoms with Gasteiger partial charge in [0.15, 0.2) is 0 Å². The van der Waals surface area contributed by atoms with Crippen molar-refractivity contribution in [3.63, 3.8) is 0 Å². The summed E-state index contributed by atoms with van der Waals surface area (Å²) in [4.78, 5) is 2.87. The average molecular weight is 277 g/mol. The lowest BCUT2D eigenvalue weighted by molar-refractivity contribution is 0.0341. The third kappa shape index (κ3) is 3.24. The summed E-state index contributed by atoms with van der Waals surface area (Å²) in [6.07, 6.45) is 13.6. The van der Waals surface area contributed by atoms with E-state index in [9.17, 15) is 0 Å². The molecular formula is C19H35N. The molecule has 1 heterocycles. The van der Waals surface area contributed by atoms with E-state index >= 15 is 0 Å². The highest BCUT2D eigenvalue weighted by Crippen LogP contribution is 2.43. The van der Waals surface area contributed by atoms with Gasteiger partial charge < -0.3 is 4.90 Å². The van der Waals surface area contributed by atoms with Crippen LogP contribution < -0.4 is 0 Å². The van der Waals surface area contributed by atoms with Crippen molar-refractivity contribution in [1.29, 1.82) is 0 Å². The van der Waals surface area contributed by atoms with Crippen molar-refractivity contribution < 1.29 is 0 Å². The molecule has 3 fully saturated rings. The molecule has 2 saturated carbocycles. The highest BCUT2D eigenvalue weighted by atomic mass is 15.2. The molecule has 1 saturated heterocycles. The lowest BCUT2D eigenvalue weighted by Crippen LogP contribution is -2.47. The van der Waals surface area contributed by atoms with Gasteiger partial charge in [-0.2, -0.15) is 0 Å². The van der Waals surface area contributed by atoms with Crippen LogP contribution in [-0.4, -0.2) is 24.0 Å². The van der Waals surface area contributed by atoms with Crippen molar-refractivity contribution in [3.05, 3.63) is 0 Å². The summed E-state index contributed by atoms with van der Waals surface area (Å²) >= 11 is 0. The number of nitrogens with zero attached hydrogens (tertiary/aromatic N) is 1. The Morgan fingerprint density at radius 3 is 2.05 bits per heavy atom. The first-order chi connectivity index (χ1) is 9.54. The molecule has 0 aromatic heterocycles. The summed E-state index contributed by atoms with van der Waals surface area (Å²) in [5.41, 5.74) is 0.521. The number of piperidine rings is 1. The predicted molar refractivity (Wildman–Crippen MR) is 86.8 cm³/mol. The second-order valence-electron chi connectivity index (χ2n) is 8.95. The highest BCUT2D eigenvalue weighted by molar-refractivity contribution is 4.90. The second-order valence-corrected chi connectivity index (χ2v) is 8.95.